The molecule has 4 nitrogen and oxygen atoms in total. The zero-order chi connectivity index (χ0) is 11.1. The van der Waals surface area contributed by atoms with Crippen molar-refractivity contribution in [2.24, 2.45) is 5.92 Å². The van der Waals surface area contributed by atoms with Gasteiger partial charge in [0.2, 0.25) is 0 Å². The minimum atomic E-state index is -0.739. The zero-order valence-corrected chi connectivity index (χ0v) is 9.37. The Labute approximate surface area is 91.0 Å². The summed E-state index contributed by atoms with van der Waals surface area (Å²) in [5.41, 5.74) is 0. The van der Waals surface area contributed by atoms with Crippen LogP contribution in [0.25, 0.3) is 0 Å². The first-order chi connectivity index (χ1) is 7.20. The fourth-order valence-corrected chi connectivity index (χ4v) is 1.70. The van der Waals surface area contributed by atoms with E-state index >= 15 is 0 Å². The average molecular weight is 215 g/mol. The van der Waals surface area contributed by atoms with E-state index in [1.165, 1.54) is 12.8 Å². The van der Waals surface area contributed by atoms with Crippen LogP contribution in [-0.4, -0.2) is 36.9 Å². The molecule has 0 aliphatic carbocycles. The molecule has 0 aromatic heterocycles. The molecule has 0 aromatic rings. The summed E-state index contributed by atoms with van der Waals surface area (Å²) in [5, 5.41) is 11.8. The van der Waals surface area contributed by atoms with Crippen molar-refractivity contribution in [3.05, 3.63) is 0 Å². The summed E-state index contributed by atoms with van der Waals surface area (Å²) in [7, 11) is 0. The van der Waals surface area contributed by atoms with Gasteiger partial charge >= 0.3 is 5.97 Å². The van der Waals surface area contributed by atoms with Crippen LogP contribution in [0.5, 0.6) is 0 Å². The number of carboxylic acid groups (broad SMARTS) is 1. The molecule has 1 fully saturated rings. The lowest BCUT2D eigenvalue weighted by atomic mass is 10.1. The Morgan fingerprint density at radius 3 is 3.00 bits per heavy atom. The van der Waals surface area contributed by atoms with Crippen molar-refractivity contribution in [3.63, 3.8) is 0 Å². The summed E-state index contributed by atoms with van der Waals surface area (Å²) in [6, 6.07) is 0. The van der Waals surface area contributed by atoms with Gasteiger partial charge in [0.1, 0.15) is 0 Å². The molecule has 15 heavy (non-hydrogen) atoms. The molecular formula is C11H21NO3. The highest BCUT2D eigenvalue weighted by Crippen LogP contribution is 2.14. The van der Waals surface area contributed by atoms with Crippen LogP contribution in [0.4, 0.5) is 0 Å². The Hall–Kier alpha value is -0.610. The highest BCUT2D eigenvalue weighted by Gasteiger charge is 2.14. The molecule has 2 unspecified atom stereocenters. The SMILES string of the molecule is CC(CNCCC1CCCCO1)C(=O)O. The Morgan fingerprint density at radius 2 is 2.40 bits per heavy atom. The molecule has 1 saturated heterocycles. The number of ether oxygens (including phenoxy) is 1. The summed E-state index contributed by atoms with van der Waals surface area (Å²) >= 11 is 0. The second-order valence-electron chi connectivity index (χ2n) is 4.22. The van der Waals surface area contributed by atoms with E-state index in [4.69, 9.17) is 9.84 Å². The maximum absolute atomic E-state index is 10.5. The van der Waals surface area contributed by atoms with Crippen LogP contribution in [0.2, 0.25) is 0 Å². The summed E-state index contributed by atoms with van der Waals surface area (Å²) in [6.45, 7) is 3.99. The molecule has 0 aromatic carbocycles. The van der Waals surface area contributed by atoms with Crippen molar-refractivity contribution in [1.82, 2.24) is 5.32 Å². The van der Waals surface area contributed by atoms with Crippen LogP contribution in [-0.2, 0) is 9.53 Å². The van der Waals surface area contributed by atoms with Crippen LogP contribution < -0.4 is 5.32 Å². The van der Waals surface area contributed by atoms with Crippen molar-refractivity contribution < 1.29 is 14.6 Å². The average Bonchev–Trinajstić information content (AvgIpc) is 2.25. The van der Waals surface area contributed by atoms with Gasteiger partial charge in [-0.3, -0.25) is 4.79 Å². The van der Waals surface area contributed by atoms with E-state index in [9.17, 15) is 4.79 Å². The predicted molar refractivity (Wildman–Crippen MR) is 57.9 cm³/mol. The first-order valence-electron chi connectivity index (χ1n) is 5.75. The highest BCUT2D eigenvalue weighted by molar-refractivity contribution is 5.69. The number of rotatable bonds is 6. The van der Waals surface area contributed by atoms with Crippen molar-refractivity contribution in [2.45, 2.75) is 38.7 Å². The molecule has 1 aliphatic heterocycles. The summed E-state index contributed by atoms with van der Waals surface area (Å²) < 4.78 is 5.58. The third kappa shape index (κ3) is 5.14. The fraction of sp³-hybridized carbons (Fsp3) is 0.909. The maximum atomic E-state index is 10.5. The lowest BCUT2D eigenvalue weighted by Crippen LogP contribution is -2.30. The first kappa shape index (κ1) is 12.5. The van der Waals surface area contributed by atoms with Gasteiger partial charge < -0.3 is 15.2 Å². The number of hydrogen-bond acceptors (Lipinski definition) is 3. The lowest BCUT2D eigenvalue weighted by molar-refractivity contribution is -0.140. The number of hydrogen-bond donors (Lipinski definition) is 2. The van der Waals surface area contributed by atoms with Crippen LogP contribution in [0, 0.1) is 5.92 Å². The van der Waals surface area contributed by atoms with Gasteiger partial charge in [0.15, 0.2) is 0 Å². The van der Waals surface area contributed by atoms with Crippen LogP contribution in [0.3, 0.4) is 0 Å². The van der Waals surface area contributed by atoms with Gasteiger partial charge in [-0.25, -0.2) is 0 Å². The third-order valence-electron chi connectivity index (χ3n) is 2.79. The molecule has 0 amide bonds. The first-order valence-corrected chi connectivity index (χ1v) is 5.75. The molecule has 1 heterocycles. The number of aliphatic carboxylic acids is 1. The molecule has 1 rings (SSSR count). The normalized spacial score (nSPS) is 23.7. The quantitative estimate of drug-likeness (QED) is 0.655. The molecule has 0 bridgehead atoms. The molecule has 0 radical (unpaired) electrons. The molecule has 1 aliphatic rings. The summed E-state index contributed by atoms with van der Waals surface area (Å²) in [4.78, 5) is 10.5. The number of carbonyl (C=O) groups is 1. The monoisotopic (exact) mass is 215 g/mol. The minimum absolute atomic E-state index is 0.308. The topological polar surface area (TPSA) is 58.6 Å². The van der Waals surface area contributed by atoms with Crippen molar-refractivity contribution >= 4 is 5.97 Å². The van der Waals surface area contributed by atoms with Gasteiger partial charge in [0.25, 0.3) is 0 Å². The summed E-state index contributed by atoms with van der Waals surface area (Å²) in [5.74, 6) is -1.05. The van der Waals surface area contributed by atoms with E-state index in [-0.39, 0.29) is 5.92 Å². The van der Waals surface area contributed by atoms with Gasteiger partial charge in [-0.05, 0) is 32.2 Å². The Bertz CT molecular complexity index is 190. The highest BCUT2D eigenvalue weighted by atomic mass is 16.5. The van der Waals surface area contributed by atoms with Crippen LogP contribution in [0.1, 0.15) is 32.6 Å². The molecule has 0 spiro atoms. The Balaban J connectivity index is 1.98. The second-order valence-corrected chi connectivity index (χ2v) is 4.22. The molecule has 2 atom stereocenters. The molecular weight excluding hydrogens is 194 g/mol. The second kappa shape index (κ2) is 6.80. The van der Waals surface area contributed by atoms with E-state index < -0.39 is 5.97 Å². The summed E-state index contributed by atoms with van der Waals surface area (Å²) in [6.07, 6.45) is 4.96. The Kier molecular flexibility index (Phi) is 5.65. The van der Waals surface area contributed by atoms with Gasteiger partial charge in [-0.1, -0.05) is 6.92 Å². The van der Waals surface area contributed by atoms with Crippen molar-refractivity contribution in [3.8, 4) is 0 Å². The lowest BCUT2D eigenvalue weighted by Gasteiger charge is -2.22. The minimum Gasteiger partial charge on any atom is -0.481 e. The van der Waals surface area contributed by atoms with Gasteiger partial charge in [0, 0.05) is 13.2 Å². The van der Waals surface area contributed by atoms with Crippen molar-refractivity contribution in [2.75, 3.05) is 19.7 Å². The molecule has 88 valence electrons. The van der Waals surface area contributed by atoms with Gasteiger partial charge in [-0.15, -0.1) is 0 Å². The van der Waals surface area contributed by atoms with Gasteiger partial charge in [-0.2, -0.15) is 0 Å². The van der Waals surface area contributed by atoms with E-state index in [0.717, 1.165) is 26.0 Å². The predicted octanol–water partition coefficient (Wildman–Crippen LogP) is 1.26. The largest absolute Gasteiger partial charge is 0.481 e. The van der Waals surface area contributed by atoms with Crippen molar-refractivity contribution in [1.29, 1.82) is 0 Å². The maximum Gasteiger partial charge on any atom is 0.307 e. The van der Waals surface area contributed by atoms with Crippen LogP contribution >= 0.6 is 0 Å². The number of nitrogens with one attached hydrogen (secondary N) is 1. The molecule has 2 N–H and O–H groups in total. The molecule has 0 saturated carbocycles. The third-order valence-corrected chi connectivity index (χ3v) is 2.79. The van der Waals surface area contributed by atoms with E-state index in [1.807, 2.05) is 0 Å². The number of carboxylic acids is 1. The smallest absolute Gasteiger partial charge is 0.307 e. The van der Waals surface area contributed by atoms with E-state index in [0.29, 0.717) is 12.6 Å². The Morgan fingerprint density at radius 1 is 1.60 bits per heavy atom. The fourth-order valence-electron chi connectivity index (χ4n) is 1.70. The zero-order valence-electron chi connectivity index (χ0n) is 9.37. The van der Waals surface area contributed by atoms with Crippen LogP contribution in [0.15, 0.2) is 0 Å². The molecule has 4 heteroatoms. The standard InChI is InChI=1S/C11H21NO3/c1-9(11(13)14)8-12-6-5-10-4-2-3-7-15-10/h9-10,12H,2-8H2,1H3,(H,13,14). The van der Waals surface area contributed by atoms with E-state index in [1.54, 1.807) is 6.92 Å². The van der Waals surface area contributed by atoms with E-state index in [2.05, 4.69) is 5.32 Å². The van der Waals surface area contributed by atoms with Gasteiger partial charge in [0.05, 0.1) is 12.0 Å².